The summed E-state index contributed by atoms with van der Waals surface area (Å²) in [4.78, 5) is 0. The van der Waals surface area contributed by atoms with Crippen LogP contribution in [-0.2, 0) is 4.74 Å². The Morgan fingerprint density at radius 2 is 2.06 bits per heavy atom. The van der Waals surface area contributed by atoms with Gasteiger partial charge < -0.3 is 4.74 Å². The minimum Gasteiger partial charge on any atom is -0.360 e. The topological polar surface area (TPSA) is 21.3 Å². The first-order valence-corrected chi connectivity index (χ1v) is 7.21. The molecule has 1 aliphatic heterocycles. The van der Waals surface area contributed by atoms with Crippen molar-refractivity contribution in [3.05, 3.63) is 12.2 Å². The van der Waals surface area contributed by atoms with Crippen molar-refractivity contribution in [3.8, 4) is 0 Å². The molecule has 0 spiro atoms. The number of piperidine rings is 1. The molecule has 0 aromatic carbocycles. The second-order valence-electron chi connectivity index (χ2n) is 5.96. The highest BCUT2D eigenvalue weighted by Crippen LogP contribution is 2.32. The molecule has 1 heterocycles. The van der Waals surface area contributed by atoms with Crippen molar-refractivity contribution in [1.82, 2.24) is 5.32 Å². The van der Waals surface area contributed by atoms with Gasteiger partial charge in [-0.1, -0.05) is 25.5 Å². The third kappa shape index (κ3) is 3.56. The van der Waals surface area contributed by atoms with E-state index in [4.69, 9.17) is 4.74 Å². The summed E-state index contributed by atoms with van der Waals surface area (Å²) in [6.07, 6.45) is 8.34. The van der Waals surface area contributed by atoms with Gasteiger partial charge in [-0.05, 0) is 57.4 Å². The molecule has 0 aromatic rings. The highest BCUT2D eigenvalue weighted by molar-refractivity contribution is 4.98. The second-order valence-corrected chi connectivity index (χ2v) is 5.96. The van der Waals surface area contributed by atoms with Crippen molar-refractivity contribution >= 4 is 0 Å². The third-order valence-electron chi connectivity index (χ3n) is 4.36. The molecule has 0 aromatic heterocycles. The number of allylic oxidation sites excluding steroid dienone is 1. The summed E-state index contributed by atoms with van der Waals surface area (Å²) in [5, 5.41) is 3.52. The van der Waals surface area contributed by atoms with E-state index in [-0.39, 0.29) is 6.23 Å². The van der Waals surface area contributed by atoms with E-state index in [1.165, 1.54) is 44.1 Å². The molecule has 98 valence electrons. The molecule has 1 saturated heterocycles. The minimum absolute atomic E-state index is 0.289. The first kappa shape index (κ1) is 13.1. The Bertz CT molecular complexity index is 264. The van der Waals surface area contributed by atoms with Gasteiger partial charge in [0.1, 0.15) is 6.23 Å². The van der Waals surface area contributed by atoms with Crippen molar-refractivity contribution in [3.63, 3.8) is 0 Å². The summed E-state index contributed by atoms with van der Waals surface area (Å²) in [5.41, 5.74) is 1.34. The van der Waals surface area contributed by atoms with E-state index in [0.717, 1.165) is 6.54 Å². The minimum atomic E-state index is 0.289. The van der Waals surface area contributed by atoms with Crippen LogP contribution in [0.3, 0.4) is 0 Å². The number of ether oxygens (including phenoxy) is 1. The standard InChI is InChI=1S/C15H27NO/c1-11(2)13-7-4-8-14(10-13)17-15-12(3)6-5-9-16-15/h12-16H,1,4-10H2,2-3H3. The fourth-order valence-corrected chi connectivity index (χ4v) is 3.13. The van der Waals surface area contributed by atoms with E-state index in [1.807, 2.05) is 0 Å². The fourth-order valence-electron chi connectivity index (χ4n) is 3.13. The first-order chi connectivity index (χ1) is 8.16. The first-order valence-electron chi connectivity index (χ1n) is 7.21. The molecule has 2 nitrogen and oxygen atoms in total. The van der Waals surface area contributed by atoms with E-state index in [2.05, 4.69) is 25.7 Å². The zero-order chi connectivity index (χ0) is 12.3. The molecule has 1 aliphatic carbocycles. The molecule has 0 amide bonds. The van der Waals surface area contributed by atoms with Crippen molar-refractivity contribution in [1.29, 1.82) is 0 Å². The van der Waals surface area contributed by atoms with Crippen LogP contribution in [-0.4, -0.2) is 18.9 Å². The second kappa shape index (κ2) is 6.01. The Labute approximate surface area is 106 Å². The van der Waals surface area contributed by atoms with Crippen LogP contribution < -0.4 is 5.32 Å². The zero-order valence-electron chi connectivity index (χ0n) is 11.4. The molecule has 2 heteroatoms. The summed E-state index contributed by atoms with van der Waals surface area (Å²) in [5.74, 6) is 1.35. The molecule has 1 N–H and O–H groups in total. The number of rotatable bonds is 3. The van der Waals surface area contributed by atoms with Gasteiger partial charge in [0.2, 0.25) is 0 Å². The van der Waals surface area contributed by atoms with Gasteiger partial charge >= 0.3 is 0 Å². The van der Waals surface area contributed by atoms with E-state index < -0.39 is 0 Å². The van der Waals surface area contributed by atoms with Crippen LogP contribution in [0, 0.1) is 11.8 Å². The largest absolute Gasteiger partial charge is 0.360 e. The monoisotopic (exact) mass is 237 g/mol. The Kier molecular flexibility index (Phi) is 4.63. The zero-order valence-corrected chi connectivity index (χ0v) is 11.4. The molecule has 0 bridgehead atoms. The Morgan fingerprint density at radius 3 is 2.76 bits per heavy atom. The van der Waals surface area contributed by atoms with E-state index >= 15 is 0 Å². The van der Waals surface area contributed by atoms with Crippen LogP contribution in [0.15, 0.2) is 12.2 Å². The lowest BCUT2D eigenvalue weighted by molar-refractivity contribution is -0.0853. The molecule has 2 aliphatic rings. The predicted molar refractivity (Wildman–Crippen MR) is 71.8 cm³/mol. The van der Waals surface area contributed by atoms with Crippen molar-refractivity contribution in [2.45, 2.75) is 64.7 Å². The van der Waals surface area contributed by atoms with Gasteiger partial charge in [-0.3, -0.25) is 5.32 Å². The van der Waals surface area contributed by atoms with Gasteiger partial charge in [0.15, 0.2) is 0 Å². The molecule has 1 saturated carbocycles. The van der Waals surface area contributed by atoms with Gasteiger partial charge in [-0.25, -0.2) is 0 Å². The van der Waals surface area contributed by atoms with Gasteiger partial charge in [0, 0.05) is 0 Å². The summed E-state index contributed by atoms with van der Waals surface area (Å²) < 4.78 is 6.27. The summed E-state index contributed by atoms with van der Waals surface area (Å²) in [6, 6.07) is 0. The van der Waals surface area contributed by atoms with Crippen LogP contribution in [0.5, 0.6) is 0 Å². The van der Waals surface area contributed by atoms with E-state index in [9.17, 15) is 0 Å². The Hall–Kier alpha value is -0.340. The molecule has 2 fully saturated rings. The van der Waals surface area contributed by atoms with Crippen LogP contribution in [0.4, 0.5) is 0 Å². The lowest BCUT2D eigenvalue weighted by Gasteiger charge is -2.36. The highest BCUT2D eigenvalue weighted by Gasteiger charge is 2.28. The van der Waals surface area contributed by atoms with Crippen molar-refractivity contribution in [2.24, 2.45) is 11.8 Å². The normalized spacial score (nSPS) is 38.9. The smallest absolute Gasteiger partial charge is 0.111 e. The maximum Gasteiger partial charge on any atom is 0.111 e. The third-order valence-corrected chi connectivity index (χ3v) is 4.36. The van der Waals surface area contributed by atoms with Gasteiger partial charge in [-0.2, -0.15) is 0 Å². The van der Waals surface area contributed by atoms with Gasteiger partial charge in [0.25, 0.3) is 0 Å². The Morgan fingerprint density at radius 1 is 1.24 bits per heavy atom. The average molecular weight is 237 g/mol. The lowest BCUT2D eigenvalue weighted by atomic mass is 9.83. The molecular weight excluding hydrogens is 210 g/mol. The number of hydrogen-bond donors (Lipinski definition) is 1. The van der Waals surface area contributed by atoms with Crippen LogP contribution in [0.2, 0.25) is 0 Å². The summed E-state index contributed by atoms with van der Waals surface area (Å²) in [6.45, 7) is 9.68. The highest BCUT2D eigenvalue weighted by atomic mass is 16.5. The summed E-state index contributed by atoms with van der Waals surface area (Å²) >= 11 is 0. The molecule has 4 unspecified atom stereocenters. The summed E-state index contributed by atoms with van der Waals surface area (Å²) in [7, 11) is 0. The maximum atomic E-state index is 6.27. The van der Waals surface area contributed by atoms with Gasteiger partial charge in [-0.15, -0.1) is 0 Å². The molecule has 4 atom stereocenters. The SMILES string of the molecule is C=C(C)C1CCCC(OC2NCCCC2C)C1. The van der Waals surface area contributed by atoms with E-state index in [1.54, 1.807) is 0 Å². The van der Waals surface area contributed by atoms with E-state index in [0.29, 0.717) is 17.9 Å². The molecule has 0 radical (unpaired) electrons. The van der Waals surface area contributed by atoms with Crippen LogP contribution in [0.1, 0.15) is 52.4 Å². The molecular formula is C15H27NO. The quantitative estimate of drug-likeness (QED) is 0.759. The molecule has 2 rings (SSSR count). The Balaban J connectivity index is 1.83. The van der Waals surface area contributed by atoms with Crippen molar-refractivity contribution in [2.75, 3.05) is 6.54 Å². The fraction of sp³-hybridized carbons (Fsp3) is 0.867. The number of hydrogen-bond acceptors (Lipinski definition) is 2. The van der Waals surface area contributed by atoms with Gasteiger partial charge in [0.05, 0.1) is 6.10 Å². The van der Waals surface area contributed by atoms with Crippen LogP contribution >= 0.6 is 0 Å². The average Bonchev–Trinajstić information content (AvgIpc) is 2.32. The van der Waals surface area contributed by atoms with Crippen molar-refractivity contribution < 1.29 is 4.74 Å². The van der Waals surface area contributed by atoms with Crippen LogP contribution in [0.25, 0.3) is 0 Å². The lowest BCUT2D eigenvalue weighted by Crippen LogP contribution is -2.45. The number of nitrogens with one attached hydrogen (secondary N) is 1. The maximum absolute atomic E-state index is 6.27. The predicted octanol–water partition coefficient (Wildman–Crippen LogP) is 3.48. The molecule has 17 heavy (non-hydrogen) atoms.